The zero-order valence-electron chi connectivity index (χ0n) is 20.7. The molecule has 180 valence electrons. The molecule has 0 atom stereocenters. The molecule has 7 nitrogen and oxygen atoms in total. The number of imide groups is 1. The van der Waals surface area contributed by atoms with E-state index in [1.807, 2.05) is 45.0 Å². The molecule has 0 radical (unpaired) electrons. The summed E-state index contributed by atoms with van der Waals surface area (Å²) >= 11 is 0. The van der Waals surface area contributed by atoms with Crippen molar-refractivity contribution < 1.29 is 14.4 Å². The van der Waals surface area contributed by atoms with Gasteiger partial charge in [0.05, 0.1) is 0 Å². The topological polar surface area (TPSA) is 83.4 Å². The Hall–Kier alpha value is -4.13. The SMILES string of the molecule is CCc1ccccc1NC(=O)CN1C(=O)N/C(=C/c2cc(C)n(-c3cc(C)cc(C)c3)c2C)C1=O. The molecule has 2 N–H and O–H groups in total. The van der Waals surface area contributed by atoms with E-state index < -0.39 is 17.8 Å². The maximum absolute atomic E-state index is 13.0. The summed E-state index contributed by atoms with van der Waals surface area (Å²) < 4.78 is 2.13. The number of aryl methyl sites for hydroxylation is 4. The minimum Gasteiger partial charge on any atom is -0.324 e. The first-order valence-electron chi connectivity index (χ1n) is 11.7. The number of hydrogen-bond acceptors (Lipinski definition) is 3. The lowest BCUT2D eigenvalue weighted by Gasteiger charge is -2.13. The Balaban J connectivity index is 1.55. The van der Waals surface area contributed by atoms with Crippen molar-refractivity contribution in [2.45, 2.75) is 41.0 Å². The number of rotatable bonds is 6. The molecule has 1 aliphatic heterocycles. The van der Waals surface area contributed by atoms with Crippen LogP contribution < -0.4 is 10.6 Å². The fourth-order valence-corrected chi connectivity index (χ4v) is 4.57. The van der Waals surface area contributed by atoms with Gasteiger partial charge in [0.15, 0.2) is 0 Å². The molecular weight excluding hydrogens is 440 g/mol. The van der Waals surface area contributed by atoms with Crippen molar-refractivity contribution in [2.75, 3.05) is 11.9 Å². The van der Waals surface area contributed by atoms with Crippen molar-refractivity contribution in [3.63, 3.8) is 0 Å². The molecule has 0 unspecified atom stereocenters. The second kappa shape index (κ2) is 9.62. The summed E-state index contributed by atoms with van der Waals surface area (Å²) in [7, 11) is 0. The Morgan fingerprint density at radius 2 is 1.69 bits per heavy atom. The summed E-state index contributed by atoms with van der Waals surface area (Å²) in [5.74, 6) is -0.950. The monoisotopic (exact) mass is 470 g/mol. The van der Waals surface area contributed by atoms with Crippen LogP contribution in [0.3, 0.4) is 0 Å². The number of para-hydroxylation sites is 1. The first kappa shape index (κ1) is 24.0. The Kier molecular flexibility index (Phi) is 6.60. The number of aromatic nitrogens is 1. The van der Waals surface area contributed by atoms with E-state index >= 15 is 0 Å². The average Bonchev–Trinajstić information content (AvgIpc) is 3.22. The first-order valence-corrected chi connectivity index (χ1v) is 11.7. The summed E-state index contributed by atoms with van der Waals surface area (Å²) in [6.45, 7) is 9.75. The summed E-state index contributed by atoms with van der Waals surface area (Å²) in [5, 5.41) is 5.42. The zero-order valence-corrected chi connectivity index (χ0v) is 20.7. The van der Waals surface area contributed by atoms with E-state index in [0.717, 1.165) is 39.5 Å². The van der Waals surface area contributed by atoms with E-state index in [1.165, 1.54) is 11.1 Å². The van der Waals surface area contributed by atoms with Gasteiger partial charge in [-0.25, -0.2) is 9.69 Å². The maximum Gasteiger partial charge on any atom is 0.329 e. The normalized spacial score (nSPS) is 14.5. The highest BCUT2D eigenvalue weighted by Crippen LogP contribution is 2.25. The highest BCUT2D eigenvalue weighted by atomic mass is 16.2. The van der Waals surface area contributed by atoms with E-state index in [-0.39, 0.29) is 12.2 Å². The molecule has 35 heavy (non-hydrogen) atoms. The predicted octanol–water partition coefficient (Wildman–Crippen LogP) is 4.80. The Labute approximate surface area is 205 Å². The van der Waals surface area contributed by atoms with Crippen LogP contribution in [0.15, 0.2) is 54.2 Å². The maximum atomic E-state index is 13.0. The van der Waals surface area contributed by atoms with Gasteiger partial charge in [0.2, 0.25) is 5.91 Å². The smallest absolute Gasteiger partial charge is 0.324 e. The minimum atomic E-state index is -0.608. The number of carbonyl (C=O) groups is 3. The van der Waals surface area contributed by atoms with Crippen LogP contribution in [0.25, 0.3) is 11.8 Å². The summed E-state index contributed by atoms with van der Waals surface area (Å²) in [6, 6.07) is 15.2. The molecule has 1 aliphatic rings. The number of carbonyl (C=O) groups excluding carboxylic acids is 3. The molecule has 4 rings (SSSR count). The third-order valence-electron chi connectivity index (χ3n) is 6.17. The number of hydrogen-bond donors (Lipinski definition) is 2. The van der Waals surface area contributed by atoms with Gasteiger partial charge in [-0.05, 0) is 86.7 Å². The molecule has 0 aliphatic carbocycles. The van der Waals surface area contributed by atoms with Crippen LogP contribution in [0.2, 0.25) is 0 Å². The lowest BCUT2D eigenvalue weighted by atomic mass is 10.1. The molecule has 1 saturated heterocycles. The molecule has 1 fully saturated rings. The number of urea groups is 1. The molecule has 2 aromatic carbocycles. The molecule has 7 heteroatoms. The number of amides is 4. The summed E-state index contributed by atoms with van der Waals surface area (Å²) in [6.07, 6.45) is 2.43. The minimum absolute atomic E-state index is 0.150. The van der Waals surface area contributed by atoms with E-state index in [2.05, 4.69) is 47.2 Å². The van der Waals surface area contributed by atoms with Crippen LogP contribution in [0, 0.1) is 27.7 Å². The number of benzene rings is 2. The number of nitrogens with zero attached hydrogens (tertiary/aromatic N) is 2. The zero-order chi connectivity index (χ0) is 25.3. The van der Waals surface area contributed by atoms with Gasteiger partial charge >= 0.3 is 6.03 Å². The highest BCUT2D eigenvalue weighted by molar-refractivity contribution is 6.16. The van der Waals surface area contributed by atoms with Gasteiger partial charge in [0.1, 0.15) is 12.2 Å². The van der Waals surface area contributed by atoms with Crippen LogP contribution in [0.4, 0.5) is 10.5 Å². The largest absolute Gasteiger partial charge is 0.329 e. The third kappa shape index (κ3) is 4.89. The Morgan fingerprint density at radius 3 is 2.37 bits per heavy atom. The predicted molar refractivity (Wildman–Crippen MR) is 137 cm³/mol. The Morgan fingerprint density at radius 1 is 1.00 bits per heavy atom. The van der Waals surface area contributed by atoms with Crippen LogP contribution in [0.1, 0.15) is 40.6 Å². The Bertz CT molecular complexity index is 1350. The lowest BCUT2D eigenvalue weighted by molar-refractivity contribution is -0.127. The average molecular weight is 471 g/mol. The van der Waals surface area contributed by atoms with Gasteiger partial charge in [0, 0.05) is 22.8 Å². The van der Waals surface area contributed by atoms with Crippen molar-refractivity contribution >= 4 is 29.6 Å². The fourth-order valence-electron chi connectivity index (χ4n) is 4.57. The van der Waals surface area contributed by atoms with Crippen molar-refractivity contribution in [2.24, 2.45) is 0 Å². The molecule has 0 saturated carbocycles. The van der Waals surface area contributed by atoms with Crippen LogP contribution >= 0.6 is 0 Å². The second-order valence-electron chi connectivity index (χ2n) is 8.95. The number of nitrogens with one attached hydrogen (secondary N) is 2. The van der Waals surface area contributed by atoms with E-state index in [1.54, 1.807) is 12.1 Å². The van der Waals surface area contributed by atoms with Gasteiger partial charge in [0.25, 0.3) is 5.91 Å². The first-order chi connectivity index (χ1) is 16.7. The molecule has 4 amide bonds. The van der Waals surface area contributed by atoms with Crippen molar-refractivity contribution in [3.8, 4) is 5.69 Å². The summed E-state index contributed by atoms with van der Waals surface area (Å²) in [5.41, 5.74) is 8.00. The molecule has 2 heterocycles. The lowest BCUT2D eigenvalue weighted by Crippen LogP contribution is -2.38. The highest BCUT2D eigenvalue weighted by Gasteiger charge is 2.35. The molecular formula is C28H30N4O3. The molecule has 3 aromatic rings. The second-order valence-corrected chi connectivity index (χ2v) is 8.95. The van der Waals surface area contributed by atoms with Crippen LogP contribution in [-0.2, 0) is 16.0 Å². The summed E-state index contributed by atoms with van der Waals surface area (Å²) in [4.78, 5) is 39.0. The van der Waals surface area contributed by atoms with Crippen LogP contribution in [0.5, 0.6) is 0 Å². The fraction of sp³-hybridized carbons (Fsp3) is 0.250. The molecule has 0 bridgehead atoms. The number of anilines is 1. The van der Waals surface area contributed by atoms with Gasteiger partial charge in [-0.15, -0.1) is 0 Å². The van der Waals surface area contributed by atoms with Gasteiger partial charge in [-0.3, -0.25) is 9.59 Å². The molecule has 0 spiro atoms. The van der Waals surface area contributed by atoms with E-state index in [9.17, 15) is 14.4 Å². The van der Waals surface area contributed by atoms with Crippen molar-refractivity contribution in [1.29, 1.82) is 0 Å². The third-order valence-corrected chi connectivity index (χ3v) is 6.17. The van der Waals surface area contributed by atoms with Crippen molar-refractivity contribution in [1.82, 2.24) is 14.8 Å². The van der Waals surface area contributed by atoms with Crippen LogP contribution in [-0.4, -0.2) is 33.9 Å². The molecule has 1 aromatic heterocycles. The van der Waals surface area contributed by atoms with Crippen molar-refractivity contribution in [3.05, 3.63) is 87.9 Å². The van der Waals surface area contributed by atoms with E-state index in [0.29, 0.717) is 5.69 Å². The quantitative estimate of drug-likeness (QED) is 0.401. The van der Waals surface area contributed by atoms with Gasteiger partial charge in [-0.1, -0.05) is 31.2 Å². The van der Waals surface area contributed by atoms with E-state index in [4.69, 9.17) is 0 Å². The standard InChI is InChI=1S/C28H30N4O3/c1-6-21-9-7-8-10-24(21)29-26(33)16-31-27(34)25(30-28(31)35)15-22-14-19(4)32(20(22)5)23-12-17(2)11-18(3)13-23/h7-15H,6,16H2,1-5H3,(H,29,33)(H,30,35)/b25-15+. The van der Waals surface area contributed by atoms with Gasteiger partial charge < -0.3 is 15.2 Å². The van der Waals surface area contributed by atoms with Gasteiger partial charge in [-0.2, -0.15) is 0 Å².